The first kappa shape index (κ1) is 15.2. The van der Waals surface area contributed by atoms with Crippen molar-refractivity contribution in [3.05, 3.63) is 53.4 Å². The summed E-state index contributed by atoms with van der Waals surface area (Å²) in [4.78, 5) is 9.02. The van der Waals surface area contributed by atoms with Gasteiger partial charge in [-0.15, -0.1) is 11.3 Å². The van der Waals surface area contributed by atoms with Crippen LogP contribution in [0.1, 0.15) is 5.69 Å². The number of fused-ring (bicyclic) bond motifs is 2. The lowest BCUT2D eigenvalue weighted by Gasteiger charge is -2.04. The van der Waals surface area contributed by atoms with Gasteiger partial charge in [0.25, 0.3) is 0 Å². The number of ether oxygens (including phenoxy) is 2. The zero-order chi connectivity index (χ0) is 17.7. The molecule has 1 aromatic carbocycles. The molecular formula is C18H13FN4O2S. The Bertz CT molecular complexity index is 1140. The first-order valence-electron chi connectivity index (χ1n) is 7.95. The molecule has 26 heavy (non-hydrogen) atoms. The molecule has 0 amide bonds. The summed E-state index contributed by atoms with van der Waals surface area (Å²) >= 11 is 1.44. The number of benzene rings is 1. The summed E-state index contributed by atoms with van der Waals surface area (Å²) in [7, 11) is 0. The van der Waals surface area contributed by atoms with Crippen molar-refractivity contribution in [1.82, 2.24) is 14.4 Å². The highest BCUT2D eigenvalue weighted by Gasteiger charge is 2.17. The van der Waals surface area contributed by atoms with Crippen molar-refractivity contribution in [2.75, 3.05) is 12.1 Å². The molecule has 0 radical (unpaired) electrons. The van der Waals surface area contributed by atoms with Crippen molar-refractivity contribution in [2.24, 2.45) is 0 Å². The van der Waals surface area contributed by atoms with Crippen LogP contribution < -0.4 is 14.8 Å². The molecule has 4 aromatic rings. The smallest absolute Gasteiger partial charge is 0.231 e. The van der Waals surface area contributed by atoms with Gasteiger partial charge in [-0.2, -0.15) is 4.39 Å². The Labute approximate surface area is 151 Å². The normalized spacial score (nSPS) is 12.7. The number of thiazole rings is 1. The standard InChI is InChI=1S/C18H13FN4O2S/c1-10-17(23-15(19)3-2-4-16(23)20-10)12-8-26-18(22-12)21-11-5-6-13-14(7-11)25-9-24-13/h2-8H,9H2,1H3,(H,21,22). The van der Waals surface area contributed by atoms with Gasteiger partial charge in [0, 0.05) is 17.1 Å². The fraction of sp³-hybridized carbons (Fsp3) is 0.111. The van der Waals surface area contributed by atoms with Crippen LogP contribution in [0, 0.1) is 12.9 Å². The van der Waals surface area contributed by atoms with Gasteiger partial charge in [0.1, 0.15) is 11.3 Å². The molecule has 0 aliphatic carbocycles. The highest BCUT2D eigenvalue weighted by Crippen LogP contribution is 2.36. The molecular weight excluding hydrogens is 355 g/mol. The quantitative estimate of drug-likeness (QED) is 0.544. The van der Waals surface area contributed by atoms with Gasteiger partial charge < -0.3 is 14.8 Å². The van der Waals surface area contributed by atoms with Crippen LogP contribution in [0.3, 0.4) is 0 Å². The number of hydrogen-bond donors (Lipinski definition) is 1. The van der Waals surface area contributed by atoms with Gasteiger partial charge in [-0.25, -0.2) is 9.97 Å². The molecule has 4 heterocycles. The third-order valence-corrected chi connectivity index (χ3v) is 4.90. The van der Waals surface area contributed by atoms with E-state index in [1.165, 1.54) is 21.8 Å². The van der Waals surface area contributed by atoms with Crippen molar-refractivity contribution in [3.8, 4) is 22.9 Å². The summed E-state index contributed by atoms with van der Waals surface area (Å²) in [6.07, 6.45) is 0. The van der Waals surface area contributed by atoms with Crippen molar-refractivity contribution in [3.63, 3.8) is 0 Å². The number of nitrogens with one attached hydrogen (secondary N) is 1. The molecule has 1 N–H and O–H groups in total. The molecule has 0 spiro atoms. The summed E-state index contributed by atoms with van der Waals surface area (Å²) < 4.78 is 26.5. The van der Waals surface area contributed by atoms with Gasteiger partial charge in [-0.3, -0.25) is 4.40 Å². The number of halogens is 1. The Morgan fingerprint density at radius 3 is 2.96 bits per heavy atom. The number of imidazole rings is 1. The van der Waals surface area contributed by atoms with E-state index in [0.29, 0.717) is 27.9 Å². The Morgan fingerprint density at radius 2 is 2.04 bits per heavy atom. The van der Waals surface area contributed by atoms with E-state index in [-0.39, 0.29) is 12.7 Å². The molecule has 0 bridgehead atoms. The van der Waals surface area contributed by atoms with Crippen LogP contribution >= 0.6 is 11.3 Å². The number of pyridine rings is 1. The number of nitrogens with zero attached hydrogens (tertiary/aromatic N) is 3. The lowest BCUT2D eigenvalue weighted by molar-refractivity contribution is 0.174. The Kier molecular flexibility index (Phi) is 3.32. The average molecular weight is 368 g/mol. The highest BCUT2D eigenvalue weighted by molar-refractivity contribution is 7.14. The molecule has 0 saturated carbocycles. The van der Waals surface area contributed by atoms with Crippen molar-refractivity contribution >= 4 is 27.8 Å². The molecule has 0 fully saturated rings. The number of aromatic nitrogens is 3. The monoisotopic (exact) mass is 368 g/mol. The van der Waals surface area contributed by atoms with Crippen LogP contribution in [0.15, 0.2) is 41.8 Å². The molecule has 0 unspecified atom stereocenters. The molecule has 1 aliphatic rings. The first-order chi connectivity index (χ1) is 12.7. The van der Waals surface area contributed by atoms with Crippen LogP contribution in [-0.4, -0.2) is 21.2 Å². The predicted molar refractivity (Wildman–Crippen MR) is 96.8 cm³/mol. The molecule has 5 rings (SSSR count). The summed E-state index contributed by atoms with van der Waals surface area (Å²) in [5, 5.41) is 5.83. The summed E-state index contributed by atoms with van der Waals surface area (Å²) in [5.41, 5.74) is 3.48. The lowest BCUT2D eigenvalue weighted by Crippen LogP contribution is -1.96. The Hall–Kier alpha value is -3.13. The van der Waals surface area contributed by atoms with E-state index in [9.17, 15) is 4.39 Å². The zero-order valence-electron chi connectivity index (χ0n) is 13.7. The second-order valence-corrected chi connectivity index (χ2v) is 6.68. The second-order valence-electron chi connectivity index (χ2n) is 5.82. The molecule has 130 valence electrons. The van der Waals surface area contributed by atoms with Gasteiger partial charge in [-0.05, 0) is 31.2 Å². The van der Waals surface area contributed by atoms with Gasteiger partial charge in [-0.1, -0.05) is 6.07 Å². The average Bonchev–Trinajstić information content (AvgIpc) is 3.33. The summed E-state index contributed by atoms with van der Waals surface area (Å²) in [5.74, 6) is 1.06. The number of hydrogen-bond acceptors (Lipinski definition) is 6. The van der Waals surface area contributed by atoms with Crippen LogP contribution in [0.5, 0.6) is 11.5 Å². The van der Waals surface area contributed by atoms with Gasteiger partial charge >= 0.3 is 0 Å². The molecule has 1 aliphatic heterocycles. The number of rotatable bonds is 3. The van der Waals surface area contributed by atoms with E-state index in [0.717, 1.165) is 17.1 Å². The van der Waals surface area contributed by atoms with E-state index in [4.69, 9.17) is 9.47 Å². The van der Waals surface area contributed by atoms with Crippen molar-refractivity contribution < 1.29 is 13.9 Å². The van der Waals surface area contributed by atoms with Crippen LogP contribution in [-0.2, 0) is 0 Å². The topological polar surface area (TPSA) is 60.7 Å². The summed E-state index contributed by atoms with van der Waals surface area (Å²) in [6.45, 7) is 2.09. The molecule has 0 atom stereocenters. The predicted octanol–water partition coefficient (Wildman–Crippen LogP) is 4.38. The Balaban J connectivity index is 1.50. The largest absolute Gasteiger partial charge is 0.454 e. The third-order valence-electron chi connectivity index (χ3n) is 4.14. The lowest BCUT2D eigenvalue weighted by atomic mass is 10.3. The fourth-order valence-corrected chi connectivity index (χ4v) is 3.72. The SMILES string of the molecule is Cc1nc2cccc(F)n2c1-c1csc(Nc2ccc3c(c2)OCO3)n1. The minimum absolute atomic E-state index is 0.235. The number of aryl methyl sites for hydroxylation is 1. The first-order valence-corrected chi connectivity index (χ1v) is 8.83. The van der Waals surface area contributed by atoms with E-state index in [1.54, 1.807) is 12.1 Å². The van der Waals surface area contributed by atoms with Crippen molar-refractivity contribution in [1.29, 1.82) is 0 Å². The number of anilines is 2. The third kappa shape index (κ3) is 2.38. The molecule has 8 heteroatoms. The highest BCUT2D eigenvalue weighted by atomic mass is 32.1. The van der Waals surface area contributed by atoms with E-state index >= 15 is 0 Å². The van der Waals surface area contributed by atoms with E-state index in [1.807, 2.05) is 30.5 Å². The minimum atomic E-state index is -0.364. The maximum atomic E-state index is 14.3. The zero-order valence-corrected chi connectivity index (χ0v) is 14.5. The maximum Gasteiger partial charge on any atom is 0.231 e. The van der Waals surface area contributed by atoms with Crippen LogP contribution in [0.25, 0.3) is 17.0 Å². The maximum absolute atomic E-state index is 14.3. The van der Waals surface area contributed by atoms with E-state index in [2.05, 4.69) is 15.3 Å². The van der Waals surface area contributed by atoms with Crippen LogP contribution in [0.4, 0.5) is 15.2 Å². The molecule has 6 nitrogen and oxygen atoms in total. The minimum Gasteiger partial charge on any atom is -0.454 e. The molecule has 3 aromatic heterocycles. The van der Waals surface area contributed by atoms with Gasteiger partial charge in [0.05, 0.1) is 11.4 Å². The Morgan fingerprint density at radius 1 is 1.15 bits per heavy atom. The van der Waals surface area contributed by atoms with Crippen molar-refractivity contribution in [2.45, 2.75) is 6.92 Å². The van der Waals surface area contributed by atoms with E-state index < -0.39 is 0 Å². The van der Waals surface area contributed by atoms with Crippen LogP contribution in [0.2, 0.25) is 0 Å². The molecule has 0 saturated heterocycles. The fourth-order valence-electron chi connectivity index (χ4n) is 3.00. The second kappa shape index (κ2) is 5.70. The van der Waals surface area contributed by atoms with Gasteiger partial charge in [0.2, 0.25) is 6.79 Å². The summed E-state index contributed by atoms with van der Waals surface area (Å²) in [6, 6.07) is 10.4. The van der Waals surface area contributed by atoms with Gasteiger partial charge in [0.15, 0.2) is 22.6 Å².